The largest absolute Gasteiger partial charge is 0.390 e. The lowest BCUT2D eigenvalue weighted by molar-refractivity contribution is -0.139. The molecule has 96 valence electrons. The van der Waals surface area contributed by atoms with Crippen LogP contribution in [0.4, 0.5) is 13.2 Å². The van der Waals surface area contributed by atoms with Crippen molar-refractivity contribution in [1.29, 1.82) is 0 Å². The van der Waals surface area contributed by atoms with Crippen molar-refractivity contribution in [3.8, 4) is 0 Å². The molecule has 2 nitrogen and oxygen atoms in total. The normalized spacial score (nSPS) is 29.1. The molecular weight excluding hydrogens is 219 g/mol. The van der Waals surface area contributed by atoms with E-state index in [9.17, 15) is 13.2 Å². The molecule has 0 saturated heterocycles. The third-order valence-corrected chi connectivity index (χ3v) is 3.02. The van der Waals surface area contributed by atoms with Crippen molar-refractivity contribution in [2.45, 2.75) is 63.4 Å². The van der Waals surface area contributed by atoms with Gasteiger partial charge in [-0.1, -0.05) is 0 Å². The molecule has 1 rings (SSSR count). The molecule has 1 aliphatic rings. The first-order valence-corrected chi connectivity index (χ1v) is 5.76. The molecule has 0 heterocycles. The summed E-state index contributed by atoms with van der Waals surface area (Å²) < 4.78 is 41.7. The molecule has 3 unspecified atom stereocenters. The predicted octanol–water partition coefficient (Wildman–Crippen LogP) is 2.87. The quantitative estimate of drug-likeness (QED) is 0.814. The van der Waals surface area contributed by atoms with E-state index in [1.807, 2.05) is 0 Å². The van der Waals surface area contributed by atoms with Crippen LogP contribution >= 0.6 is 0 Å². The predicted molar refractivity (Wildman–Crippen MR) is 56.3 cm³/mol. The van der Waals surface area contributed by atoms with E-state index in [-0.39, 0.29) is 12.1 Å². The first kappa shape index (κ1) is 13.8. The molecule has 0 aromatic rings. The number of halogens is 3. The summed E-state index contributed by atoms with van der Waals surface area (Å²) in [7, 11) is 1.66. The summed E-state index contributed by atoms with van der Waals surface area (Å²) in [6.07, 6.45) is -0.842. The van der Waals surface area contributed by atoms with Crippen molar-refractivity contribution in [3.05, 3.63) is 0 Å². The van der Waals surface area contributed by atoms with Crippen LogP contribution in [-0.2, 0) is 4.74 Å². The zero-order valence-corrected chi connectivity index (χ0v) is 9.81. The summed E-state index contributed by atoms with van der Waals surface area (Å²) in [6.45, 7) is 1.59. The van der Waals surface area contributed by atoms with E-state index < -0.39 is 18.6 Å². The van der Waals surface area contributed by atoms with Crippen LogP contribution in [0.1, 0.15) is 39.0 Å². The van der Waals surface area contributed by atoms with Crippen molar-refractivity contribution in [3.63, 3.8) is 0 Å². The highest BCUT2D eigenvalue weighted by molar-refractivity contribution is 4.81. The van der Waals surface area contributed by atoms with Crippen molar-refractivity contribution in [2.24, 2.45) is 0 Å². The van der Waals surface area contributed by atoms with Gasteiger partial charge in [0, 0.05) is 19.2 Å². The molecule has 0 spiro atoms. The smallest absolute Gasteiger partial charge is 0.381 e. The third kappa shape index (κ3) is 5.16. The van der Waals surface area contributed by atoms with Gasteiger partial charge in [-0.2, -0.15) is 13.2 Å². The Hall–Kier alpha value is -0.290. The van der Waals surface area contributed by atoms with Gasteiger partial charge in [-0.25, -0.2) is 0 Å². The highest BCUT2D eigenvalue weighted by Crippen LogP contribution is 2.24. The van der Waals surface area contributed by atoms with E-state index in [1.54, 1.807) is 14.0 Å². The SMILES string of the molecule is COC1CCCC(NC(C)CC(F)(F)F)C1. The van der Waals surface area contributed by atoms with Gasteiger partial charge in [0.2, 0.25) is 0 Å². The number of alkyl halides is 3. The summed E-state index contributed by atoms with van der Waals surface area (Å²) in [5.41, 5.74) is 0. The molecule has 0 radical (unpaired) electrons. The van der Waals surface area contributed by atoms with Gasteiger partial charge < -0.3 is 10.1 Å². The van der Waals surface area contributed by atoms with Gasteiger partial charge in [-0.05, 0) is 32.6 Å². The fraction of sp³-hybridized carbons (Fsp3) is 1.00. The molecule has 3 atom stereocenters. The highest BCUT2D eigenvalue weighted by Gasteiger charge is 2.31. The average molecular weight is 239 g/mol. The highest BCUT2D eigenvalue weighted by atomic mass is 19.4. The van der Waals surface area contributed by atoms with E-state index in [1.165, 1.54) is 0 Å². The number of nitrogens with one attached hydrogen (secondary N) is 1. The van der Waals surface area contributed by atoms with Crippen molar-refractivity contribution < 1.29 is 17.9 Å². The van der Waals surface area contributed by atoms with E-state index in [0.717, 1.165) is 25.7 Å². The lowest BCUT2D eigenvalue weighted by Gasteiger charge is -2.31. The average Bonchev–Trinajstić information content (AvgIpc) is 2.15. The summed E-state index contributed by atoms with van der Waals surface area (Å²) >= 11 is 0. The topological polar surface area (TPSA) is 21.3 Å². The number of hydrogen-bond donors (Lipinski definition) is 1. The fourth-order valence-corrected chi connectivity index (χ4v) is 2.32. The zero-order valence-electron chi connectivity index (χ0n) is 9.81. The van der Waals surface area contributed by atoms with Crippen LogP contribution in [0.5, 0.6) is 0 Å². The second kappa shape index (κ2) is 5.87. The summed E-state index contributed by atoms with van der Waals surface area (Å²) in [4.78, 5) is 0. The monoisotopic (exact) mass is 239 g/mol. The van der Waals surface area contributed by atoms with Crippen molar-refractivity contribution >= 4 is 0 Å². The minimum atomic E-state index is -4.08. The third-order valence-electron chi connectivity index (χ3n) is 3.02. The maximum atomic E-state index is 12.1. The van der Waals surface area contributed by atoms with Crippen LogP contribution in [0, 0.1) is 0 Å². The Balaban J connectivity index is 2.30. The van der Waals surface area contributed by atoms with Crippen LogP contribution in [0.25, 0.3) is 0 Å². The lowest BCUT2D eigenvalue weighted by atomic mass is 9.92. The van der Waals surface area contributed by atoms with Gasteiger partial charge in [-0.3, -0.25) is 0 Å². The van der Waals surface area contributed by atoms with E-state index in [4.69, 9.17) is 4.74 Å². The molecule has 1 saturated carbocycles. The lowest BCUT2D eigenvalue weighted by Crippen LogP contribution is -2.43. The van der Waals surface area contributed by atoms with Crippen LogP contribution in [0.15, 0.2) is 0 Å². The molecule has 0 bridgehead atoms. The molecule has 5 heteroatoms. The van der Waals surface area contributed by atoms with Crippen LogP contribution in [0.2, 0.25) is 0 Å². The Labute approximate surface area is 94.5 Å². The van der Waals surface area contributed by atoms with Crippen LogP contribution in [0.3, 0.4) is 0 Å². The number of hydrogen-bond acceptors (Lipinski definition) is 2. The van der Waals surface area contributed by atoms with Crippen LogP contribution in [-0.4, -0.2) is 31.5 Å². The Morgan fingerprint density at radius 3 is 2.62 bits per heavy atom. The molecule has 0 aliphatic heterocycles. The van der Waals surface area contributed by atoms with Crippen LogP contribution < -0.4 is 5.32 Å². The molecule has 16 heavy (non-hydrogen) atoms. The molecule has 0 amide bonds. The molecule has 1 N–H and O–H groups in total. The summed E-state index contributed by atoms with van der Waals surface area (Å²) in [6, 6.07) is -0.350. The van der Waals surface area contributed by atoms with Gasteiger partial charge in [0.1, 0.15) is 0 Å². The number of ether oxygens (including phenoxy) is 1. The van der Waals surface area contributed by atoms with Gasteiger partial charge in [0.15, 0.2) is 0 Å². The minimum Gasteiger partial charge on any atom is -0.381 e. The summed E-state index contributed by atoms with van der Waals surface area (Å²) in [5, 5.41) is 3.04. The maximum absolute atomic E-state index is 12.1. The number of rotatable bonds is 4. The first-order valence-electron chi connectivity index (χ1n) is 5.76. The first-order chi connectivity index (χ1) is 7.40. The van der Waals surface area contributed by atoms with E-state index in [2.05, 4.69) is 5.32 Å². The van der Waals surface area contributed by atoms with Crippen molar-refractivity contribution in [1.82, 2.24) is 5.32 Å². The number of methoxy groups -OCH3 is 1. The second-order valence-corrected chi connectivity index (χ2v) is 4.61. The maximum Gasteiger partial charge on any atom is 0.390 e. The Morgan fingerprint density at radius 1 is 1.38 bits per heavy atom. The fourth-order valence-electron chi connectivity index (χ4n) is 2.32. The molecule has 1 fully saturated rings. The van der Waals surface area contributed by atoms with Gasteiger partial charge >= 0.3 is 6.18 Å². The van der Waals surface area contributed by atoms with Gasteiger partial charge in [0.25, 0.3) is 0 Å². The summed E-state index contributed by atoms with van der Waals surface area (Å²) in [5.74, 6) is 0. The van der Waals surface area contributed by atoms with Gasteiger partial charge in [0.05, 0.1) is 12.5 Å². The minimum absolute atomic E-state index is 0.163. The van der Waals surface area contributed by atoms with Crippen molar-refractivity contribution in [2.75, 3.05) is 7.11 Å². The Bertz CT molecular complexity index is 208. The molecule has 1 aliphatic carbocycles. The Kier molecular flexibility index (Phi) is 5.05. The second-order valence-electron chi connectivity index (χ2n) is 4.61. The standard InChI is InChI=1S/C11H20F3NO/c1-8(7-11(12,13)14)15-9-4-3-5-10(6-9)16-2/h8-10,15H,3-7H2,1-2H3. The molecule has 0 aromatic heterocycles. The molecular formula is C11H20F3NO. The molecule has 0 aromatic carbocycles. The van der Waals surface area contributed by atoms with E-state index in [0.29, 0.717) is 0 Å². The zero-order chi connectivity index (χ0) is 12.2. The van der Waals surface area contributed by atoms with E-state index >= 15 is 0 Å². The van der Waals surface area contributed by atoms with Gasteiger partial charge in [-0.15, -0.1) is 0 Å². The Morgan fingerprint density at radius 2 is 2.06 bits per heavy atom.